The van der Waals surface area contributed by atoms with Crippen LogP contribution in [0.15, 0.2) is 22.8 Å². The molecule has 2 N–H and O–H groups in total. The molecule has 0 saturated carbocycles. The van der Waals surface area contributed by atoms with Gasteiger partial charge in [0.15, 0.2) is 5.16 Å². The number of thioether (sulfide) groups is 1. The van der Waals surface area contributed by atoms with Crippen LogP contribution in [0.2, 0.25) is 0 Å². The molecule has 0 aliphatic rings. The van der Waals surface area contributed by atoms with Gasteiger partial charge in [-0.2, -0.15) is 0 Å². The molecule has 0 aromatic carbocycles. The van der Waals surface area contributed by atoms with Crippen molar-refractivity contribution >= 4 is 34.7 Å². The third kappa shape index (κ3) is 4.36. The van der Waals surface area contributed by atoms with E-state index in [0.29, 0.717) is 0 Å². The van der Waals surface area contributed by atoms with Gasteiger partial charge in [0.2, 0.25) is 0 Å². The van der Waals surface area contributed by atoms with Crippen LogP contribution < -0.4 is 10.6 Å². The van der Waals surface area contributed by atoms with Gasteiger partial charge in [-0.15, -0.1) is 11.3 Å². The molecule has 0 spiro atoms. The number of thiazole rings is 1. The Morgan fingerprint density at radius 3 is 2.68 bits per heavy atom. The Bertz CT molecular complexity index is 501. The van der Waals surface area contributed by atoms with Crippen molar-refractivity contribution in [1.29, 1.82) is 0 Å². The Labute approximate surface area is 121 Å². The van der Waals surface area contributed by atoms with Gasteiger partial charge in [0.1, 0.15) is 11.6 Å². The van der Waals surface area contributed by atoms with E-state index in [9.17, 15) is 0 Å². The highest BCUT2D eigenvalue weighted by Gasteiger charge is 2.03. The lowest BCUT2D eigenvalue weighted by Crippen LogP contribution is -2.09. The molecule has 0 bridgehead atoms. The molecule has 2 aromatic heterocycles. The summed E-state index contributed by atoms with van der Waals surface area (Å²) in [5.74, 6) is 1.71. The Kier molecular flexibility index (Phi) is 5.41. The fraction of sp³-hybridized carbons (Fsp3) is 0.417. The van der Waals surface area contributed by atoms with Crippen molar-refractivity contribution in [1.82, 2.24) is 15.0 Å². The van der Waals surface area contributed by atoms with Gasteiger partial charge >= 0.3 is 0 Å². The number of nitrogens with one attached hydrogen (secondary N) is 2. The van der Waals surface area contributed by atoms with Crippen LogP contribution in [0.5, 0.6) is 0 Å². The number of anilines is 2. The topological polar surface area (TPSA) is 62.7 Å². The van der Waals surface area contributed by atoms with Gasteiger partial charge in [-0.05, 0) is 13.2 Å². The van der Waals surface area contributed by atoms with Crippen molar-refractivity contribution in [3.05, 3.63) is 22.7 Å². The number of hydrogen-bond donors (Lipinski definition) is 2. The maximum Gasteiger partial charge on any atom is 0.191 e. The Balaban J connectivity index is 1.96. The van der Waals surface area contributed by atoms with E-state index in [-0.39, 0.29) is 0 Å². The zero-order valence-corrected chi connectivity index (χ0v) is 12.6. The number of rotatable bonds is 7. The van der Waals surface area contributed by atoms with Crippen LogP contribution in [0.1, 0.15) is 11.9 Å². The SMILES string of the molecule is CCNc1cc(NCCc2nccs2)nc(SC)n1. The van der Waals surface area contributed by atoms with Gasteiger partial charge in [-0.3, -0.25) is 0 Å². The van der Waals surface area contributed by atoms with Crippen LogP contribution >= 0.6 is 23.1 Å². The molecule has 0 radical (unpaired) electrons. The lowest BCUT2D eigenvalue weighted by atomic mass is 10.4. The van der Waals surface area contributed by atoms with E-state index < -0.39 is 0 Å². The average molecular weight is 295 g/mol. The first-order valence-electron chi connectivity index (χ1n) is 6.11. The maximum atomic E-state index is 4.44. The van der Waals surface area contributed by atoms with Crippen LogP contribution in [0.4, 0.5) is 11.6 Å². The summed E-state index contributed by atoms with van der Waals surface area (Å²) < 4.78 is 0. The van der Waals surface area contributed by atoms with E-state index in [1.807, 2.05) is 23.9 Å². The smallest absolute Gasteiger partial charge is 0.191 e. The molecule has 0 atom stereocenters. The predicted octanol–water partition coefficient (Wildman–Crippen LogP) is 2.74. The standard InChI is InChI=1S/C12H17N5S2/c1-3-13-9-8-10(17-12(16-9)18-2)14-5-4-11-15-6-7-19-11/h6-8H,3-5H2,1-2H3,(H2,13,14,16,17). The summed E-state index contributed by atoms with van der Waals surface area (Å²) in [6.07, 6.45) is 4.72. The fourth-order valence-electron chi connectivity index (χ4n) is 1.55. The summed E-state index contributed by atoms with van der Waals surface area (Å²) >= 11 is 3.22. The quantitative estimate of drug-likeness (QED) is 0.605. The molecule has 0 aliphatic carbocycles. The van der Waals surface area contributed by atoms with E-state index in [2.05, 4.69) is 32.5 Å². The summed E-state index contributed by atoms with van der Waals surface area (Å²) in [5, 5.41) is 10.4. The van der Waals surface area contributed by atoms with Crippen molar-refractivity contribution < 1.29 is 0 Å². The lowest BCUT2D eigenvalue weighted by molar-refractivity contribution is 0.932. The minimum Gasteiger partial charge on any atom is -0.370 e. The van der Waals surface area contributed by atoms with Crippen LogP contribution in [-0.2, 0) is 6.42 Å². The average Bonchev–Trinajstić information content (AvgIpc) is 2.92. The number of nitrogens with zero attached hydrogens (tertiary/aromatic N) is 3. The van der Waals surface area contributed by atoms with Crippen molar-refractivity contribution in [3.8, 4) is 0 Å². The second kappa shape index (κ2) is 7.30. The summed E-state index contributed by atoms with van der Waals surface area (Å²) in [6.45, 7) is 3.73. The molecule has 2 rings (SSSR count). The molecule has 19 heavy (non-hydrogen) atoms. The van der Waals surface area contributed by atoms with Crippen LogP contribution in [-0.4, -0.2) is 34.3 Å². The molecular formula is C12H17N5S2. The first-order valence-corrected chi connectivity index (χ1v) is 8.21. The van der Waals surface area contributed by atoms with Crippen LogP contribution in [0, 0.1) is 0 Å². The highest BCUT2D eigenvalue weighted by atomic mass is 32.2. The van der Waals surface area contributed by atoms with Gasteiger partial charge < -0.3 is 10.6 Å². The summed E-state index contributed by atoms with van der Waals surface area (Å²) in [6, 6.07) is 1.94. The number of aromatic nitrogens is 3. The second-order valence-electron chi connectivity index (χ2n) is 3.76. The maximum absolute atomic E-state index is 4.44. The van der Waals surface area contributed by atoms with E-state index >= 15 is 0 Å². The van der Waals surface area contributed by atoms with Crippen molar-refractivity contribution in [2.24, 2.45) is 0 Å². The lowest BCUT2D eigenvalue weighted by Gasteiger charge is -2.09. The molecule has 0 amide bonds. The van der Waals surface area contributed by atoms with E-state index in [1.165, 1.54) is 0 Å². The predicted molar refractivity (Wildman–Crippen MR) is 82.3 cm³/mol. The zero-order chi connectivity index (χ0) is 13.5. The molecule has 2 heterocycles. The molecule has 5 nitrogen and oxygen atoms in total. The normalized spacial score (nSPS) is 10.4. The summed E-state index contributed by atoms with van der Waals surface area (Å²) in [5.41, 5.74) is 0. The molecule has 0 aliphatic heterocycles. The highest BCUT2D eigenvalue weighted by Crippen LogP contribution is 2.17. The molecular weight excluding hydrogens is 278 g/mol. The summed E-state index contributed by atoms with van der Waals surface area (Å²) in [4.78, 5) is 13.1. The Morgan fingerprint density at radius 1 is 1.26 bits per heavy atom. The number of hydrogen-bond acceptors (Lipinski definition) is 7. The molecule has 2 aromatic rings. The Morgan fingerprint density at radius 2 is 2.05 bits per heavy atom. The largest absolute Gasteiger partial charge is 0.370 e. The first-order chi connectivity index (χ1) is 9.31. The van der Waals surface area contributed by atoms with Crippen molar-refractivity contribution in [2.75, 3.05) is 30.0 Å². The molecule has 102 valence electrons. The zero-order valence-electron chi connectivity index (χ0n) is 11.0. The minimum atomic E-state index is 0.773. The van der Waals surface area contributed by atoms with Gasteiger partial charge in [0, 0.05) is 37.2 Å². The van der Waals surface area contributed by atoms with E-state index in [1.54, 1.807) is 23.1 Å². The van der Waals surface area contributed by atoms with Gasteiger partial charge in [-0.25, -0.2) is 15.0 Å². The van der Waals surface area contributed by atoms with E-state index in [4.69, 9.17) is 0 Å². The van der Waals surface area contributed by atoms with Crippen LogP contribution in [0.25, 0.3) is 0 Å². The highest BCUT2D eigenvalue weighted by molar-refractivity contribution is 7.98. The first kappa shape index (κ1) is 14.1. The molecule has 0 fully saturated rings. The van der Waals surface area contributed by atoms with Gasteiger partial charge in [0.05, 0.1) is 5.01 Å². The van der Waals surface area contributed by atoms with Gasteiger partial charge in [-0.1, -0.05) is 11.8 Å². The third-order valence-corrected chi connectivity index (χ3v) is 3.76. The summed E-state index contributed by atoms with van der Waals surface area (Å²) in [7, 11) is 0. The molecule has 0 unspecified atom stereocenters. The van der Waals surface area contributed by atoms with Crippen molar-refractivity contribution in [2.45, 2.75) is 18.5 Å². The van der Waals surface area contributed by atoms with Crippen molar-refractivity contribution in [3.63, 3.8) is 0 Å². The minimum absolute atomic E-state index is 0.773. The Hall–Kier alpha value is -1.34. The van der Waals surface area contributed by atoms with Gasteiger partial charge in [0.25, 0.3) is 0 Å². The van der Waals surface area contributed by atoms with Crippen LogP contribution in [0.3, 0.4) is 0 Å². The second-order valence-corrected chi connectivity index (χ2v) is 5.51. The third-order valence-electron chi connectivity index (χ3n) is 2.37. The fourth-order valence-corrected chi connectivity index (χ4v) is 2.55. The molecule has 7 heteroatoms. The monoisotopic (exact) mass is 295 g/mol. The van der Waals surface area contributed by atoms with E-state index in [0.717, 1.165) is 41.3 Å². The molecule has 0 saturated heterocycles.